The zero-order chi connectivity index (χ0) is 17.4. The predicted octanol–water partition coefficient (Wildman–Crippen LogP) is 3.99. The lowest BCUT2D eigenvalue weighted by atomic mass is 10.1. The summed E-state index contributed by atoms with van der Waals surface area (Å²) in [4.78, 5) is 12.6. The standard InChI is InChI=1S/C22H22N2O/c1-15-7-8-16(2)24(15)21-11-9-17(10-12-21)22(25)23-20-13-18-5-3-4-6-19(18)14-20/h3-12,20H,13-14H2,1-2H3,(H,23,25). The van der Waals surface area contributed by atoms with Crippen molar-refractivity contribution in [1.29, 1.82) is 0 Å². The minimum Gasteiger partial charge on any atom is -0.349 e. The molecular formula is C22H22N2O. The summed E-state index contributed by atoms with van der Waals surface area (Å²) in [6.45, 7) is 4.18. The number of nitrogens with zero attached hydrogens (tertiary/aromatic N) is 1. The van der Waals surface area contributed by atoms with Gasteiger partial charge in [0, 0.05) is 28.7 Å². The molecule has 0 fully saturated rings. The average Bonchev–Trinajstić information content (AvgIpc) is 3.17. The first-order valence-corrected chi connectivity index (χ1v) is 8.75. The van der Waals surface area contributed by atoms with Crippen molar-refractivity contribution >= 4 is 5.91 Å². The highest BCUT2D eigenvalue weighted by atomic mass is 16.1. The van der Waals surface area contributed by atoms with Gasteiger partial charge in [-0.3, -0.25) is 4.79 Å². The minimum absolute atomic E-state index is 0.00491. The molecule has 126 valence electrons. The van der Waals surface area contributed by atoms with E-state index in [9.17, 15) is 4.79 Å². The van der Waals surface area contributed by atoms with Gasteiger partial charge in [-0.1, -0.05) is 24.3 Å². The van der Waals surface area contributed by atoms with Crippen LogP contribution in [0.5, 0.6) is 0 Å². The van der Waals surface area contributed by atoms with Crippen LogP contribution in [0.2, 0.25) is 0 Å². The van der Waals surface area contributed by atoms with E-state index in [1.165, 1.54) is 22.5 Å². The van der Waals surface area contributed by atoms with Crippen LogP contribution in [0, 0.1) is 13.8 Å². The summed E-state index contributed by atoms with van der Waals surface area (Å²) in [6.07, 6.45) is 1.84. The van der Waals surface area contributed by atoms with Gasteiger partial charge < -0.3 is 9.88 Å². The number of amides is 1. The molecule has 1 N–H and O–H groups in total. The molecule has 1 aliphatic carbocycles. The number of aromatic nitrogens is 1. The largest absolute Gasteiger partial charge is 0.349 e. The topological polar surface area (TPSA) is 34.0 Å². The van der Waals surface area contributed by atoms with E-state index in [1.807, 2.05) is 24.3 Å². The van der Waals surface area contributed by atoms with Crippen LogP contribution in [-0.4, -0.2) is 16.5 Å². The third kappa shape index (κ3) is 2.98. The van der Waals surface area contributed by atoms with Crippen molar-refractivity contribution in [2.24, 2.45) is 0 Å². The van der Waals surface area contributed by atoms with Crippen molar-refractivity contribution in [3.05, 3.63) is 88.7 Å². The second-order valence-corrected chi connectivity index (χ2v) is 6.85. The Labute approximate surface area is 148 Å². The fourth-order valence-electron chi connectivity index (χ4n) is 3.77. The summed E-state index contributed by atoms with van der Waals surface area (Å²) in [6, 6.07) is 20.7. The Bertz CT molecular complexity index is 877. The fraction of sp³-hybridized carbons (Fsp3) is 0.227. The van der Waals surface area contributed by atoms with Crippen LogP contribution in [0.1, 0.15) is 32.9 Å². The zero-order valence-corrected chi connectivity index (χ0v) is 14.6. The Hall–Kier alpha value is -2.81. The lowest BCUT2D eigenvalue weighted by Crippen LogP contribution is -2.35. The molecule has 3 aromatic rings. The first kappa shape index (κ1) is 15.7. The monoisotopic (exact) mass is 330 g/mol. The maximum Gasteiger partial charge on any atom is 0.251 e. The molecule has 25 heavy (non-hydrogen) atoms. The van der Waals surface area contributed by atoms with Crippen molar-refractivity contribution in [2.45, 2.75) is 32.7 Å². The second kappa shape index (κ2) is 6.25. The maximum atomic E-state index is 12.6. The molecule has 1 aliphatic rings. The van der Waals surface area contributed by atoms with Crippen molar-refractivity contribution in [2.75, 3.05) is 0 Å². The van der Waals surface area contributed by atoms with Crippen LogP contribution in [0.4, 0.5) is 0 Å². The number of hydrogen-bond donors (Lipinski definition) is 1. The highest BCUT2D eigenvalue weighted by Gasteiger charge is 2.22. The van der Waals surface area contributed by atoms with E-state index in [2.05, 4.69) is 60.1 Å². The van der Waals surface area contributed by atoms with Crippen LogP contribution < -0.4 is 5.32 Å². The molecule has 1 amide bonds. The summed E-state index contributed by atoms with van der Waals surface area (Å²) >= 11 is 0. The highest BCUT2D eigenvalue weighted by Crippen LogP contribution is 2.22. The van der Waals surface area contributed by atoms with Crippen LogP contribution in [0.3, 0.4) is 0 Å². The summed E-state index contributed by atoms with van der Waals surface area (Å²) in [5.74, 6) is 0.00491. The second-order valence-electron chi connectivity index (χ2n) is 6.85. The van der Waals surface area contributed by atoms with E-state index < -0.39 is 0 Å². The molecule has 3 nitrogen and oxygen atoms in total. The van der Waals surface area contributed by atoms with Gasteiger partial charge in [0.1, 0.15) is 0 Å². The SMILES string of the molecule is Cc1ccc(C)n1-c1ccc(C(=O)NC2Cc3ccccc3C2)cc1. The molecule has 0 saturated carbocycles. The Kier molecular flexibility index (Phi) is 3.92. The van der Waals surface area contributed by atoms with Crippen LogP contribution in [-0.2, 0) is 12.8 Å². The molecule has 0 saturated heterocycles. The number of aryl methyl sites for hydroxylation is 2. The summed E-state index contributed by atoms with van der Waals surface area (Å²) in [5, 5.41) is 3.17. The Morgan fingerprint density at radius 1 is 0.880 bits per heavy atom. The van der Waals surface area contributed by atoms with Gasteiger partial charge in [0.05, 0.1) is 0 Å². The van der Waals surface area contributed by atoms with E-state index in [0.29, 0.717) is 5.56 Å². The lowest BCUT2D eigenvalue weighted by molar-refractivity contribution is 0.0938. The first-order valence-electron chi connectivity index (χ1n) is 8.75. The van der Waals surface area contributed by atoms with Gasteiger partial charge in [0.2, 0.25) is 0 Å². The van der Waals surface area contributed by atoms with Gasteiger partial charge in [0.15, 0.2) is 0 Å². The number of rotatable bonds is 3. The Morgan fingerprint density at radius 3 is 2.00 bits per heavy atom. The van der Waals surface area contributed by atoms with Crippen LogP contribution in [0.15, 0.2) is 60.7 Å². The lowest BCUT2D eigenvalue weighted by Gasteiger charge is -2.13. The molecule has 0 spiro atoms. The number of nitrogens with one attached hydrogen (secondary N) is 1. The van der Waals surface area contributed by atoms with E-state index >= 15 is 0 Å². The molecule has 0 unspecified atom stereocenters. The Balaban J connectivity index is 1.47. The van der Waals surface area contributed by atoms with Gasteiger partial charge in [-0.25, -0.2) is 0 Å². The van der Waals surface area contributed by atoms with E-state index in [-0.39, 0.29) is 11.9 Å². The van der Waals surface area contributed by atoms with E-state index in [0.717, 1.165) is 18.5 Å². The molecule has 4 rings (SSSR count). The molecule has 0 atom stereocenters. The summed E-state index contributed by atoms with van der Waals surface area (Å²) in [5.41, 5.74) is 6.88. The third-order valence-corrected chi connectivity index (χ3v) is 5.05. The van der Waals surface area contributed by atoms with Crippen LogP contribution >= 0.6 is 0 Å². The molecule has 0 aliphatic heterocycles. The van der Waals surface area contributed by atoms with Gasteiger partial charge in [-0.05, 0) is 74.2 Å². The van der Waals surface area contributed by atoms with E-state index in [1.54, 1.807) is 0 Å². The number of hydrogen-bond acceptors (Lipinski definition) is 1. The predicted molar refractivity (Wildman–Crippen MR) is 100 cm³/mol. The number of benzene rings is 2. The summed E-state index contributed by atoms with van der Waals surface area (Å²) < 4.78 is 2.19. The number of carbonyl (C=O) groups excluding carboxylic acids is 1. The normalized spacial score (nSPS) is 13.7. The molecule has 3 heteroatoms. The zero-order valence-electron chi connectivity index (χ0n) is 14.6. The molecular weight excluding hydrogens is 308 g/mol. The van der Waals surface area contributed by atoms with Crippen molar-refractivity contribution in [3.8, 4) is 5.69 Å². The van der Waals surface area contributed by atoms with Gasteiger partial charge in [-0.15, -0.1) is 0 Å². The van der Waals surface area contributed by atoms with Gasteiger partial charge in [-0.2, -0.15) is 0 Å². The highest BCUT2D eigenvalue weighted by molar-refractivity contribution is 5.94. The molecule has 0 bridgehead atoms. The van der Waals surface area contributed by atoms with Gasteiger partial charge in [0.25, 0.3) is 5.91 Å². The van der Waals surface area contributed by atoms with Crippen LogP contribution in [0.25, 0.3) is 5.69 Å². The smallest absolute Gasteiger partial charge is 0.251 e. The Morgan fingerprint density at radius 2 is 1.44 bits per heavy atom. The maximum absolute atomic E-state index is 12.6. The molecule has 0 radical (unpaired) electrons. The fourth-order valence-corrected chi connectivity index (χ4v) is 3.77. The van der Waals surface area contributed by atoms with E-state index in [4.69, 9.17) is 0 Å². The number of fused-ring (bicyclic) bond motifs is 1. The minimum atomic E-state index is 0.00491. The number of carbonyl (C=O) groups is 1. The summed E-state index contributed by atoms with van der Waals surface area (Å²) in [7, 11) is 0. The van der Waals surface area contributed by atoms with Gasteiger partial charge >= 0.3 is 0 Å². The first-order chi connectivity index (χ1) is 12.1. The van der Waals surface area contributed by atoms with Crippen molar-refractivity contribution in [1.82, 2.24) is 9.88 Å². The van der Waals surface area contributed by atoms with Crippen molar-refractivity contribution in [3.63, 3.8) is 0 Å². The molecule has 2 aromatic carbocycles. The third-order valence-electron chi connectivity index (χ3n) is 5.05. The van der Waals surface area contributed by atoms with Crippen molar-refractivity contribution < 1.29 is 4.79 Å². The average molecular weight is 330 g/mol. The molecule has 1 heterocycles. The quantitative estimate of drug-likeness (QED) is 0.774. The molecule has 1 aromatic heterocycles.